The molecule has 3 N–H and O–H groups in total. The number of fused-ring (bicyclic) bond motifs is 1. The summed E-state index contributed by atoms with van der Waals surface area (Å²) in [6.07, 6.45) is 1.75. The Morgan fingerprint density at radius 1 is 1.31 bits per heavy atom. The van der Waals surface area contributed by atoms with Crippen molar-refractivity contribution in [2.45, 2.75) is 29.2 Å². The smallest absolute Gasteiger partial charge is 0.352 e. The van der Waals surface area contributed by atoms with Gasteiger partial charge < -0.3 is 15.7 Å². The average Bonchev–Trinajstić information content (AvgIpc) is 2.76. The van der Waals surface area contributed by atoms with Crippen molar-refractivity contribution in [3.05, 3.63) is 41.6 Å². The summed E-state index contributed by atoms with van der Waals surface area (Å²) < 4.78 is 0. The van der Waals surface area contributed by atoms with Crippen molar-refractivity contribution < 1.29 is 19.5 Å². The van der Waals surface area contributed by atoms with Crippen molar-refractivity contribution in [1.29, 1.82) is 0 Å². The average molecular weight is 434 g/mol. The van der Waals surface area contributed by atoms with Crippen LogP contribution in [0.15, 0.2) is 46.5 Å². The van der Waals surface area contributed by atoms with E-state index in [1.165, 1.54) is 16.7 Å². The second-order valence-corrected chi connectivity index (χ2v) is 9.45. The van der Waals surface area contributed by atoms with E-state index in [9.17, 15) is 19.5 Å². The van der Waals surface area contributed by atoms with E-state index in [1.807, 2.05) is 30.3 Å². The second-order valence-electron chi connectivity index (χ2n) is 7.30. The Bertz CT molecular complexity index is 839. The summed E-state index contributed by atoms with van der Waals surface area (Å²) in [7, 11) is 0. The van der Waals surface area contributed by atoms with Crippen molar-refractivity contribution in [3.8, 4) is 0 Å². The SMILES string of the molecule is O=C(O)C1=C(CSc2ccccc2)CSC2[C@H](NC(=O)C3CCCNC3)C(=O)N12. The van der Waals surface area contributed by atoms with E-state index in [-0.39, 0.29) is 28.8 Å². The van der Waals surface area contributed by atoms with Crippen molar-refractivity contribution in [2.75, 3.05) is 24.6 Å². The highest BCUT2D eigenvalue weighted by molar-refractivity contribution is 8.01. The zero-order valence-corrected chi connectivity index (χ0v) is 17.4. The van der Waals surface area contributed by atoms with Crippen LogP contribution in [0, 0.1) is 5.92 Å². The Morgan fingerprint density at radius 2 is 2.10 bits per heavy atom. The zero-order valence-electron chi connectivity index (χ0n) is 15.8. The zero-order chi connectivity index (χ0) is 20.4. The van der Waals surface area contributed by atoms with Gasteiger partial charge in [0.15, 0.2) is 0 Å². The van der Waals surface area contributed by atoms with Gasteiger partial charge in [0, 0.05) is 22.9 Å². The van der Waals surface area contributed by atoms with Crippen molar-refractivity contribution in [3.63, 3.8) is 0 Å². The molecule has 2 unspecified atom stereocenters. The predicted octanol–water partition coefficient (Wildman–Crippen LogP) is 1.52. The molecule has 2 fully saturated rings. The van der Waals surface area contributed by atoms with Gasteiger partial charge in [-0.05, 0) is 37.1 Å². The largest absolute Gasteiger partial charge is 0.477 e. The first kappa shape index (κ1) is 20.3. The number of nitrogens with zero attached hydrogens (tertiary/aromatic N) is 1. The quantitative estimate of drug-likeness (QED) is 0.462. The van der Waals surface area contributed by atoms with Crippen LogP contribution in [0.3, 0.4) is 0 Å². The molecule has 7 nitrogen and oxygen atoms in total. The van der Waals surface area contributed by atoms with Crippen molar-refractivity contribution in [2.24, 2.45) is 5.92 Å². The third-order valence-electron chi connectivity index (χ3n) is 5.37. The number of aliphatic carboxylic acids is 1. The number of rotatable bonds is 6. The molecular formula is C20H23N3O4S2. The number of hydrogen-bond acceptors (Lipinski definition) is 6. The first-order valence-corrected chi connectivity index (χ1v) is 11.7. The molecule has 0 bridgehead atoms. The molecule has 3 atom stereocenters. The number of carboxylic acids is 1. The van der Waals surface area contributed by atoms with Crippen LogP contribution in [0.2, 0.25) is 0 Å². The number of carbonyl (C=O) groups is 3. The lowest BCUT2D eigenvalue weighted by Gasteiger charge is -2.49. The van der Waals surface area contributed by atoms with Gasteiger partial charge in [0.2, 0.25) is 5.91 Å². The van der Waals surface area contributed by atoms with Crippen molar-refractivity contribution >= 4 is 41.3 Å². The minimum Gasteiger partial charge on any atom is -0.477 e. The van der Waals surface area contributed by atoms with Gasteiger partial charge in [-0.1, -0.05) is 18.2 Å². The number of amides is 2. The molecule has 0 radical (unpaired) electrons. The van der Waals surface area contributed by atoms with E-state index >= 15 is 0 Å². The highest BCUT2D eigenvalue weighted by Crippen LogP contribution is 2.41. The predicted molar refractivity (Wildman–Crippen MR) is 112 cm³/mol. The molecule has 1 aromatic carbocycles. The maximum Gasteiger partial charge on any atom is 0.352 e. The topological polar surface area (TPSA) is 98.7 Å². The molecule has 29 heavy (non-hydrogen) atoms. The summed E-state index contributed by atoms with van der Waals surface area (Å²) in [4.78, 5) is 39.5. The van der Waals surface area contributed by atoms with E-state index < -0.39 is 12.0 Å². The fourth-order valence-corrected chi connectivity index (χ4v) is 6.23. The Hall–Kier alpha value is -1.97. The van der Waals surface area contributed by atoms with Crippen LogP contribution in [0.1, 0.15) is 12.8 Å². The second kappa shape index (κ2) is 8.81. The van der Waals surface area contributed by atoms with Gasteiger partial charge in [0.05, 0.1) is 5.92 Å². The van der Waals surface area contributed by atoms with Gasteiger partial charge in [0.1, 0.15) is 17.1 Å². The number of carboxylic acid groups (broad SMARTS) is 1. The molecule has 4 rings (SSSR count). The standard InChI is InChI=1S/C20H23N3O4S2/c24-17(12-5-4-8-21-9-12)22-15-18(25)23-16(20(26)27)13(11-29-19(15)23)10-28-14-6-2-1-3-7-14/h1-3,6-7,12,15,19,21H,4-5,8-11H2,(H,22,24)(H,26,27)/t12?,15-,19?/m1/s1. The Labute approximate surface area is 177 Å². The number of β-lactam (4-membered cyclic amide) rings is 1. The number of piperidine rings is 1. The Morgan fingerprint density at radius 3 is 2.79 bits per heavy atom. The van der Waals surface area contributed by atoms with Crippen molar-refractivity contribution in [1.82, 2.24) is 15.5 Å². The molecule has 3 heterocycles. The van der Waals surface area contributed by atoms with Gasteiger partial charge in [-0.15, -0.1) is 23.5 Å². The summed E-state index contributed by atoms with van der Waals surface area (Å²) in [6.45, 7) is 1.53. The third kappa shape index (κ3) is 4.17. The molecule has 1 aromatic rings. The van der Waals surface area contributed by atoms with E-state index in [4.69, 9.17) is 0 Å². The normalized spacial score (nSPS) is 26.6. The Kier molecular flexibility index (Phi) is 6.17. The lowest BCUT2D eigenvalue weighted by Crippen LogP contribution is -2.71. The molecule has 0 aromatic heterocycles. The number of nitrogens with one attached hydrogen (secondary N) is 2. The van der Waals surface area contributed by atoms with E-state index in [1.54, 1.807) is 11.8 Å². The molecule has 9 heteroatoms. The lowest BCUT2D eigenvalue weighted by atomic mass is 9.97. The van der Waals surface area contributed by atoms with Gasteiger partial charge in [-0.25, -0.2) is 4.79 Å². The number of carbonyl (C=O) groups excluding carboxylic acids is 2. The minimum absolute atomic E-state index is 0.0759. The minimum atomic E-state index is -1.09. The highest BCUT2D eigenvalue weighted by Gasteiger charge is 2.54. The maximum absolute atomic E-state index is 12.7. The van der Waals surface area contributed by atoms with E-state index in [0.29, 0.717) is 18.1 Å². The van der Waals surface area contributed by atoms with Gasteiger partial charge in [-0.2, -0.15) is 0 Å². The van der Waals surface area contributed by atoms with E-state index in [0.717, 1.165) is 29.9 Å². The highest BCUT2D eigenvalue weighted by atomic mass is 32.2. The van der Waals surface area contributed by atoms with Crippen LogP contribution < -0.4 is 10.6 Å². The first-order chi connectivity index (χ1) is 14.1. The summed E-state index contributed by atoms with van der Waals surface area (Å²) in [5.74, 6) is -0.631. The molecular weight excluding hydrogens is 410 g/mol. The number of benzene rings is 1. The monoisotopic (exact) mass is 433 g/mol. The van der Waals surface area contributed by atoms with Crippen LogP contribution in [-0.4, -0.2) is 63.8 Å². The molecule has 2 saturated heterocycles. The molecule has 0 spiro atoms. The molecule has 3 aliphatic rings. The summed E-state index contributed by atoms with van der Waals surface area (Å²) in [5.41, 5.74) is 0.814. The first-order valence-electron chi connectivity index (χ1n) is 9.65. The number of hydrogen-bond donors (Lipinski definition) is 3. The summed E-state index contributed by atoms with van der Waals surface area (Å²) in [5, 5.41) is 15.5. The molecule has 3 aliphatic heterocycles. The summed E-state index contributed by atoms with van der Waals surface area (Å²) >= 11 is 3.08. The van der Waals surface area contributed by atoms with Crippen LogP contribution in [0.25, 0.3) is 0 Å². The lowest BCUT2D eigenvalue weighted by molar-refractivity contribution is -0.151. The third-order valence-corrected chi connectivity index (χ3v) is 7.81. The van der Waals surface area contributed by atoms with E-state index in [2.05, 4.69) is 10.6 Å². The molecule has 154 valence electrons. The van der Waals surface area contributed by atoms with Crippen LogP contribution >= 0.6 is 23.5 Å². The molecule has 2 amide bonds. The summed E-state index contributed by atoms with van der Waals surface area (Å²) in [6, 6.07) is 9.12. The van der Waals surface area contributed by atoms with Crippen LogP contribution in [-0.2, 0) is 14.4 Å². The number of thioether (sulfide) groups is 2. The fraction of sp³-hybridized carbons (Fsp3) is 0.450. The maximum atomic E-state index is 12.7. The van der Waals surface area contributed by atoms with Gasteiger partial charge in [0.25, 0.3) is 5.91 Å². The fourth-order valence-electron chi connectivity index (χ4n) is 3.83. The van der Waals surface area contributed by atoms with Crippen LogP contribution in [0.4, 0.5) is 0 Å². The Balaban J connectivity index is 1.44. The molecule has 0 saturated carbocycles. The molecule has 0 aliphatic carbocycles. The van der Waals surface area contributed by atoms with Gasteiger partial charge in [-0.3, -0.25) is 14.5 Å². The van der Waals surface area contributed by atoms with Crippen LogP contribution in [0.5, 0.6) is 0 Å². The van der Waals surface area contributed by atoms with Gasteiger partial charge >= 0.3 is 5.97 Å².